The quantitative estimate of drug-likeness (QED) is 0.319. The highest BCUT2D eigenvalue weighted by molar-refractivity contribution is 5.76. The van der Waals surface area contributed by atoms with Crippen molar-refractivity contribution in [2.45, 2.75) is 0 Å². The number of carbonyl (C=O) groups is 1. The molecule has 0 aromatic heterocycles. The second-order valence-corrected chi connectivity index (χ2v) is 0.523. The molecule has 6 heavy (non-hydrogen) atoms. The molecular formula is C3H3ClO2-2. The van der Waals surface area contributed by atoms with Crippen LogP contribution in [0.2, 0.25) is 0 Å². The molecule has 0 fully saturated rings. The Morgan fingerprint density at radius 2 is 2.00 bits per heavy atom. The van der Waals surface area contributed by atoms with Crippen molar-refractivity contribution in [2.24, 2.45) is 0 Å². The van der Waals surface area contributed by atoms with Gasteiger partial charge in [0.1, 0.15) is 0 Å². The summed E-state index contributed by atoms with van der Waals surface area (Å²) in [6.07, 6.45) is 0.722. The molecule has 0 N–H and O–H groups in total. The van der Waals surface area contributed by atoms with E-state index in [4.69, 9.17) is 9.90 Å². The lowest BCUT2D eigenvalue weighted by atomic mass is 10.7. The van der Waals surface area contributed by atoms with Gasteiger partial charge in [-0.3, -0.25) is 0 Å². The fourth-order valence-electron chi connectivity index (χ4n) is 0. The SMILES string of the molecule is C=CC(=O)[O-].[Cl-]. The standard InChI is InChI=1S/C3H4O2.ClH/c1-2-3(4)5;/h2H,1H2,(H,4,5);1H/p-2. The van der Waals surface area contributed by atoms with Crippen LogP contribution >= 0.6 is 0 Å². The average molecular weight is 107 g/mol. The van der Waals surface area contributed by atoms with E-state index in [0.717, 1.165) is 6.08 Å². The monoisotopic (exact) mass is 106 g/mol. The summed E-state index contributed by atoms with van der Waals surface area (Å²) >= 11 is 0. The van der Waals surface area contributed by atoms with Gasteiger partial charge in [0.15, 0.2) is 0 Å². The van der Waals surface area contributed by atoms with Gasteiger partial charge in [-0.05, 0) is 6.08 Å². The molecule has 0 atom stereocenters. The molecule has 0 heterocycles. The van der Waals surface area contributed by atoms with Crippen molar-refractivity contribution in [3.63, 3.8) is 0 Å². The van der Waals surface area contributed by atoms with Gasteiger partial charge >= 0.3 is 0 Å². The number of carbonyl (C=O) groups excluding carboxylic acids is 1. The Bertz CT molecular complexity index is 59.8. The molecule has 0 aliphatic carbocycles. The summed E-state index contributed by atoms with van der Waals surface area (Å²) in [6.45, 7) is 2.90. The highest BCUT2D eigenvalue weighted by atomic mass is 35.5. The molecular weight excluding hydrogens is 103 g/mol. The van der Waals surface area contributed by atoms with Crippen LogP contribution < -0.4 is 17.5 Å². The summed E-state index contributed by atoms with van der Waals surface area (Å²) in [5.74, 6) is -1.23. The molecule has 0 saturated carbocycles. The third-order valence-corrected chi connectivity index (χ3v) is 0.167. The number of aliphatic carboxylic acids is 1. The van der Waals surface area contributed by atoms with E-state index >= 15 is 0 Å². The fourth-order valence-corrected chi connectivity index (χ4v) is 0. The first-order chi connectivity index (χ1) is 2.27. The number of carboxylic acid groups (broad SMARTS) is 1. The molecule has 0 radical (unpaired) electrons. The number of hydrogen-bond donors (Lipinski definition) is 0. The topological polar surface area (TPSA) is 40.1 Å². The second-order valence-electron chi connectivity index (χ2n) is 0.523. The predicted molar refractivity (Wildman–Crippen MR) is 15.2 cm³/mol. The first-order valence-electron chi connectivity index (χ1n) is 1.11. The Kier molecular flexibility index (Phi) is 6.82. The number of halogens is 1. The molecule has 3 heteroatoms. The maximum atomic E-state index is 9.14. The largest absolute Gasteiger partial charge is 1.00 e. The van der Waals surface area contributed by atoms with Crippen molar-refractivity contribution in [2.75, 3.05) is 0 Å². The summed E-state index contributed by atoms with van der Waals surface area (Å²) in [6, 6.07) is 0. The van der Waals surface area contributed by atoms with E-state index in [-0.39, 0.29) is 12.4 Å². The Morgan fingerprint density at radius 1 is 1.83 bits per heavy atom. The highest BCUT2D eigenvalue weighted by Crippen LogP contribution is 1.47. The minimum absolute atomic E-state index is 0. The first-order valence-corrected chi connectivity index (χ1v) is 1.11. The van der Waals surface area contributed by atoms with Crippen molar-refractivity contribution >= 4 is 5.97 Å². The van der Waals surface area contributed by atoms with Gasteiger partial charge in [-0.25, -0.2) is 0 Å². The van der Waals surface area contributed by atoms with Crippen LogP contribution in [0.15, 0.2) is 12.7 Å². The van der Waals surface area contributed by atoms with E-state index in [1.54, 1.807) is 0 Å². The molecule has 0 aromatic carbocycles. The van der Waals surface area contributed by atoms with Crippen molar-refractivity contribution in [1.82, 2.24) is 0 Å². The molecule has 2 nitrogen and oxygen atoms in total. The lowest BCUT2D eigenvalue weighted by molar-refractivity contribution is -0.297. The van der Waals surface area contributed by atoms with Crippen LogP contribution in [0, 0.1) is 0 Å². The van der Waals surface area contributed by atoms with Crippen LogP contribution in [0.3, 0.4) is 0 Å². The fraction of sp³-hybridized carbons (Fsp3) is 0. The highest BCUT2D eigenvalue weighted by Gasteiger charge is 1.55. The number of rotatable bonds is 1. The van der Waals surface area contributed by atoms with Gasteiger partial charge in [0.05, 0.1) is 5.97 Å². The third kappa shape index (κ3) is 9.72. The summed E-state index contributed by atoms with van der Waals surface area (Å²) in [5.41, 5.74) is 0. The van der Waals surface area contributed by atoms with Crippen LogP contribution in [0.1, 0.15) is 0 Å². The zero-order valence-electron chi connectivity index (χ0n) is 2.98. The van der Waals surface area contributed by atoms with Gasteiger partial charge in [0.2, 0.25) is 0 Å². The van der Waals surface area contributed by atoms with Crippen LogP contribution in [0.4, 0.5) is 0 Å². The number of hydrogen-bond acceptors (Lipinski definition) is 2. The van der Waals surface area contributed by atoms with Crippen LogP contribution in [-0.4, -0.2) is 5.97 Å². The van der Waals surface area contributed by atoms with Gasteiger partial charge in [-0.1, -0.05) is 6.58 Å². The molecule has 0 unspecified atom stereocenters. The van der Waals surface area contributed by atoms with E-state index in [2.05, 4.69) is 6.58 Å². The predicted octanol–water partition coefficient (Wildman–Crippen LogP) is -4.07. The number of carboxylic acids is 1. The Labute approximate surface area is 41.9 Å². The van der Waals surface area contributed by atoms with Gasteiger partial charge < -0.3 is 22.3 Å². The molecule has 0 aromatic rings. The lowest BCUT2D eigenvalue weighted by Crippen LogP contribution is -3.00. The van der Waals surface area contributed by atoms with E-state index in [1.165, 1.54) is 0 Å². The van der Waals surface area contributed by atoms with E-state index in [1.807, 2.05) is 0 Å². The van der Waals surface area contributed by atoms with Gasteiger partial charge in [0, 0.05) is 0 Å². The maximum absolute atomic E-state index is 9.14. The van der Waals surface area contributed by atoms with Crippen molar-refractivity contribution in [3.8, 4) is 0 Å². The van der Waals surface area contributed by atoms with Crippen LogP contribution in [0.25, 0.3) is 0 Å². The van der Waals surface area contributed by atoms with Crippen molar-refractivity contribution in [3.05, 3.63) is 12.7 Å². The van der Waals surface area contributed by atoms with Crippen molar-refractivity contribution in [1.29, 1.82) is 0 Å². The first kappa shape index (κ1) is 9.09. The maximum Gasteiger partial charge on any atom is 0.0636 e. The molecule has 0 bridgehead atoms. The summed E-state index contributed by atoms with van der Waals surface area (Å²) in [5, 5.41) is 9.14. The lowest BCUT2D eigenvalue weighted by Gasteiger charge is -1.81. The molecule has 0 aliphatic rings. The molecule has 0 spiro atoms. The molecule has 0 rings (SSSR count). The summed E-state index contributed by atoms with van der Waals surface area (Å²) in [4.78, 5) is 9.14. The third-order valence-electron chi connectivity index (χ3n) is 0.167. The van der Waals surface area contributed by atoms with E-state index in [9.17, 15) is 0 Å². The van der Waals surface area contributed by atoms with E-state index in [0.29, 0.717) is 0 Å². The summed E-state index contributed by atoms with van der Waals surface area (Å²) in [7, 11) is 0. The molecule has 0 aliphatic heterocycles. The summed E-state index contributed by atoms with van der Waals surface area (Å²) < 4.78 is 0. The average Bonchev–Trinajstić information content (AvgIpc) is 1.38. The zero-order valence-corrected chi connectivity index (χ0v) is 3.73. The Morgan fingerprint density at radius 3 is 2.00 bits per heavy atom. The van der Waals surface area contributed by atoms with Crippen LogP contribution in [-0.2, 0) is 4.79 Å². The minimum Gasteiger partial charge on any atom is -1.00 e. The molecule has 36 valence electrons. The van der Waals surface area contributed by atoms with Gasteiger partial charge in [0.25, 0.3) is 0 Å². The minimum atomic E-state index is -1.23. The van der Waals surface area contributed by atoms with Crippen molar-refractivity contribution < 1.29 is 22.3 Å². The smallest absolute Gasteiger partial charge is 0.0636 e. The Hall–Kier alpha value is -0.500. The van der Waals surface area contributed by atoms with E-state index < -0.39 is 5.97 Å². The zero-order chi connectivity index (χ0) is 4.28. The molecule has 0 saturated heterocycles. The van der Waals surface area contributed by atoms with Crippen LogP contribution in [0.5, 0.6) is 0 Å². The second kappa shape index (κ2) is 4.50. The Balaban J connectivity index is 0. The molecule has 0 amide bonds. The van der Waals surface area contributed by atoms with Gasteiger partial charge in [-0.15, -0.1) is 0 Å². The normalized spacial score (nSPS) is 5.33. The van der Waals surface area contributed by atoms with Gasteiger partial charge in [-0.2, -0.15) is 0 Å².